The van der Waals surface area contributed by atoms with Crippen molar-refractivity contribution in [3.05, 3.63) is 18.7 Å². The average molecular weight is 393 g/mol. The van der Waals surface area contributed by atoms with Crippen LogP contribution in [-0.2, 0) is 0 Å². The molecule has 0 aliphatic carbocycles. The molecule has 4 rings (SSSR count). The Morgan fingerprint density at radius 1 is 1.37 bits per heavy atom. The van der Waals surface area contributed by atoms with Gasteiger partial charge in [-0.1, -0.05) is 6.92 Å². The van der Waals surface area contributed by atoms with E-state index in [1.807, 2.05) is 13.8 Å². The number of aromatic nitrogens is 6. The SMILES string of the molecule is CC(C)Oc1c(-c2cn[nH]c2)ncn2nc(N[C@H]3CCNC[C@H]3C)nc12.Cl. The number of halogens is 1. The molecule has 0 aromatic carbocycles. The van der Waals surface area contributed by atoms with Crippen LogP contribution in [0.2, 0.25) is 0 Å². The molecule has 0 unspecified atom stereocenters. The van der Waals surface area contributed by atoms with Crippen LogP contribution in [0.5, 0.6) is 5.75 Å². The third-order valence-electron chi connectivity index (χ3n) is 4.57. The van der Waals surface area contributed by atoms with Gasteiger partial charge in [-0.3, -0.25) is 5.10 Å². The highest BCUT2D eigenvalue weighted by Crippen LogP contribution is 2.32. The van der Waals surface area contributed by atoms with E-state index >= 15 is 0 Å². The second kappa shape index (κ2) is 8.10. The molecule has 0 amide bonds. The minimum atomic E-state index is -0.00815. The van der Waals surface area contributed by atoms with Crippen LogP contribution in [-0.4, -0.2) is 55.0 Å². The van der Waals surface area contributed by atoms with Crippen molar-refractivity contribution in [2.45, 2.75) is 39.3 Å². The van der Waals surface area contributed by atoms with Gasteiger partial charge < -0.3 is 15.4 Å². The molecule has 0 spiro atoms. The molecule has 3 N–H and O–H groups in total. The lowest BCUT2D eigenvalue weighted by atomic mass is 9.95. The third kappa shape index (κ3) is 3.98. The van der Waals surface area contributed by atoms with E-state index in [0.29, 0.717) is 35.0 Å². The van der Waals surface area contributed by atoms with Crippen molar-refractivity contribution in [2.24, 2.45) is 5.92 Å². The molecule has 0 radical (unpaired) electrons. The first-order chi connectivity index (χ1) is 12.6. The molecule has 0 bridgehead atoms. The number of nitrogens with zero attached hydrogens (tertiary/aromatic N) is 5. The van der Waals surface area contributed by atoms with Crippen molar-refractivity contribution in [1.82, 2.24) is 35.1 Å². The highest BCUT2D eigenvalue weighted by molar-refractivity contribution is 5.85. The van der Waals surface area contributed by atoms with E-state index in [1.54, 1.807) is 23.2 Å². The number of anilines is 1. The third-order valence-corrected chi connectivity index (χ3v) is 4.57. The van der Waals surface area contributed by atoms with Crippen LogP contribution >= 0.6 is 12.4 Å². The van der Waals surface area contributed by atoms with E-state index in [1.165, 1.54) is 0 Å². The lowest BCUT2D eigenvalue weighted by Gasteiger charge is -2.29. The van der Waals surface area contributed by atoms with Gasteiger partial charge in [0.05, 0.1) is 12.3 Å². The summed E-state index contributed by atoms with van der Waals surface area (Å²) in [6.45, 7) is 8.19. The second-order valence-electron chi connectivity index (χ2n) is 7.00. The van der Waals surface area contributed by atoms with Crippen LogP contribution in [0, 0.1) is 5.92 Å². The molecule has 1 fully saturated rings. The Labute approximate surface area is 163 Å². The van der Waals surface area contributed by atoms with Gasteiger partial charge in [0, 0.05) is 17.8 Å². The lowest BCUT2D eigenvalue weighted by Crippen LogP contribution is -2.42. The number of aromatic amines is 1. The van der Waals surface area contributed by atoms with Gasteiger partial charge in [-0.15, -0.1) is 17.5 Å². The fourth-order valence-corrected chi connectivity index (χ4v) is 3.22. The molecule has 2 atom stereocenters. The summed E-state index contributed by atoms with van der Waals surface area (Å²) >= 11 is 0. The Kier molecular flexibility index (Phi) is 5.81. The summed E-state index contributed by atoms with van der Waals surface area (Å²) in [7, 11) is 0. The lowest BCUT2D eigenvalue weighted by molar-refractivity contribution is 0.244. The first kappa shape index (κ1) is 19.4. The summed E-state index contributed by atoms with van der Waals surface area (Å²) < 4.78 is 7.70. The van der Waals surface area contributed by atoms with E-state index in [0.717, 1.165) is 25.1 Å². The molecule has 27 heavy (non-hydrogen) atoms. The van der Waals surface area contributed by atoms with Gasteiger partial charge in [-0.05, 0) is 39.3 Å². The second-order valence-corrected chi connectivity index (χ2v) is 7.00. The molecule has 1 aliphatic rings. The number of piperidine rings is 1. The molecule has 1 aliphatic heterocycles. The van der Waals surface area contributed by atoms with Crippen LogP contribution in [0.3, 0.4) is 0 Å². The summed E-state index contributed by atoms with van der Waals surface area (Å²) in [5.41, 5.74) is 2.20. The van der Waals surface area contributed by atoms with E-state index < -0.39 is 0 Å². The van der Waals surface area contributed by atoms with Crippen LogP contribution in [0.25, 0.3) is 16.9 Å². The first-order valence-electron chi connectivity index (χ1n) is 9.00. The fraction of sp³-hybridized carbons (Fsp3) is 0.529. The van der Waals surface area contributed by atoms with Crippen LogP contribution in [0.4, 0.5) is 5.95 Å². The van der Waals surface area contributed by atoms with Crippen molar-refractivity contribution >= 4 is 24.0 Å². The Morgan fingerprint density at radius 3 is 2.93 bits per heavy atom. The largest absolute Gasteiger partial charge is 0.485 e. The topological polar surface area (TPSA) is 105 Å². The quantitative estimate of drug-likeness (QED) is 0.610. The number of nitrogens with one attached hydrogen (secondary N) is 3. The minimum Gasteiger partial charge on any atom is -0.485 e. The molecule has 10 heteroatoms. The van der Waals surface area contributed by atoms with E-state index in [9.17, 15) is 0 Å². The summed E-state index contributed by atoms with van der Waals surface area (Å²) in [6.07, 6.45) is 6.21. The predicted molar refractivity (Wildman–Crippen MR) is 105 cm³/mol. The number of rotatable bonds is 5. The van der Waals surface area contributed by atoms with Gasteiger partial charge in [-0.2, -0.15) is 14.6 Å². The van der Waals surface area contributed by atoms with Crippen LogP contribution in [0.1, 0.15) is 27.2 Å². The van der Waals surface area contributed by atoms with Crippen molar-refractivity contribution in [1.29, 1.82) is 0 Å². The number of H-pyrrole nitrogens is 1. The molecule has 4 heterocycles. The maximum atomic E-state index is 6.04. The molecule has 3 aromatic heterocycles. The molecule has 146 valence electrons. The van der Waals surface area contributed by atoms with Gasteiger partial charge in [0.1, 0.15) is 12.0 Å². The molecular weight excluding hydrogens is 368 g/mol. The smallest absolute Gasteiger partial charge is 0.243 e. The Bertz CT molecular complexity index is 879. The van der Waals surface area contributed by atoms with E-state index in [2.05, 4.69) is 42.8 Å². The predicted octanol–water partition coefficient (Wildman–Crippen LogP) is 2.13. The van der Waals surface area contributed by atoms with Gasteiger partial charge in [0.2, 0.25) is 11.6 Å². The Hall–Kier alpha value is -2.39. The van der Waals surface area contributed by atoms with Crippen LogP contribution in [0.15, 0.2) is 18.7 Å². The van der Waals surface area contributed by atoms with Crippen molar-refractivity contribution < 1.29 is 4.74 Å². The highest BCUT2D eigenvalue weighted by Gasteiger charge is 2.24. The van der Waals surface area contributed by atoms with Crippen molar-refractivity contribution in [2.75, 3.05) is 18.4 Å². The number of hydrogen-bond acceptors (Lipinski definition) is 7. The van der Waals surface area contributed by atoms with Crippen LogP contribution < -0.4 is 15.4 Å². The Balaban J connectivity index is 0.00000210. The zero-order valence-electron chi connectivity index (χ0n) is 15.6. The number of fused-ring (bicyclic) bond motifs is 1. The maximum Gasteiger partial charge on any atom is 0.243 e. The molecular formula is C17H25ClN8O. The minimum absolute atomic E-state index is 0. The zero-order valence-corrected chi connectivity index (χ0v) is 16.5. The maximum absolute atomic E-state index is 6.04. The molecule has 3 aromatic rings. The van der Waals surface area contributed by atoms with Gasteiger partial charge in [0.25, 0.3) is 0 Å². The summed E-state index contributed by atoms with van der Waals surface area (Å²) in [6, 6.07) is 0.351. The van der Waals surface area contributed by atoms with E-state index in [4.69, 9.17) is 4.74 Å². The van der Waals surface area contributed by atoms with Gasteiger partial charge in [0.15, 0.2) is 5.75 Å². The number of ether oxygens (including phenoxy) is 1. The number of hydrogen-bond donors (Lipinski definition) is 3. The summed E-state index contributed by atoms with van der Waals surface area (Å²) in [5, 5.41) is 18.2. The first-order valence-corrected chi connectivity index (χ1v) is 9.00. The monoisotopic (exact) mass is 392 g/mol. The highest BCUT2D eigenvalue weighted by atomic mass is 35.5. The van der Waals surface area contributed by atoms with E-state index in [-0.39, 0.29) is 18.5 Å². The fourth-order valence-electron chi connectivity index (χ4n) is 3.22. The normalized spacial score (nSPS) is 19.9. The van der Waals surface area contributed by atoms with Crippen molar-refractivity contribution in [3.8, 4) is 17.0 Å². The Morgan fingerprint density at radius 2 is 2.22 bits per heavy atom. The van der Waals surface area contributed by atoms with Crippen molar-refractivity contribution in [3.63, 3.8) is 0 Å². The summed E-state index contributed by atoms with van der Waals surface area (Å²) in [5.74, 6) is 1.73. The van der Waals surface area contributed by atoms with Gasteiger partial charge >= 0.3 is 0 Å². The molecule has 1 saturated heterocycles. The molecule has 9 nitrogen and oxygen atoms in total. The molecule has 0 saturated carbocycles. The average Bonchev–Trinajstić information content (AvgIpc) is 3.26. The summed E-state index contributed by atoms with van der Waals surface area (Å²) in [4.78, 5) is 9.20. The standard InChI is InChI=1S/C17H24N8O.ClH/c1-10(2)26-15-14(12-7-20-21-8-12)19-9-25-16(15)23-17(24-25)22-13-4-5-18-6-11(13)3;/h7-11,13,18H,4-6H2,1-3H3,(H,20,21)(H,22,24);1H/t11-,13+;/m1./s1. The zero-order chi connectivity index (χ0) is 18.1. The van der Waals surface area contributed by atoms with Gasteiger partial charge in [-0.25, -0.2) is 4.98 Å².